The van der Waals surface area contributed by atoms with E-state index < -0.39 is 30.0 Å². The molecule has 1 aromatic rings. The molecule has 1 fully saturated rings. The van der Waals surface area contributed by atoms with Gasteiger partial charge >= 0.3 is 12.3 Å². The number of ether oxygens (including phenoxy) is 1. The molecule has 3 N–H and O–H groups in total. The largest absolute Gasteiger partial charge is 0.444 e. The normalized spacial score (nSPS) is 23.1. The Balaban J connectivity index is 2.22. The number of halogens is 3. The Bertz CT molecular complexity index is 476. The zero-order chi connectivity index (χ0) is 14.0. The van der Waals surface area contributed by atoms with Gasteiger partial charge in [0.2, 0.25) is 0 Å². The lowest BCUT2D eigenvalue weighted by Gasteiger charge is -2.18. The molecule has 4 nitrogen and oxygen atoms in total. The minimum absolute atomic E-state index is 0.0176. The third kappa shape index (κ3) is 2.98. The zero-order valence-electron chi connectivity index (χ0n) is 9.91. The summed E-state index contributed by atoms with van der Waals surface area (Å²) < 4.78 is 43.4. The number of cyclic esters (lactones) is 1. The summed E-state index contributed by atoms with van der Waals surface area (Å²) in [5, 5.41) is 2.46. The molecule has 1 aromatic carbocycles. The summed E-state index contributed by atoms with van der Waals surface area (Å²) in [7, 11) is 0. The van der Waals surface area contributed by atoms with Crippen molar-refractivity contribution in [3.05, 3.63) is 35.4 Å². The maximum atomic E-state index is 12.8. The maximum absolute atomic E-state index is 12.8. The number of rotatable bonds is 3. The van der Waals surface area contributed by atoms with Gasteiger partial charge in [-0.2, -0.15) is 13.2 Å². The third-order valence-corrected chi connectivity index (χ3v) is 3.01. The number of alkyl carbamates (subject to hydrolysis) is 1. The minimum atomic E-state index is -4.43. The van der Waals surface area contributed by atoms with Gasteiger partial charge in [-0.25, -0.2) is 4.79 Å². The van der Waals surface area contributed by atoms with Gasteiger partial charge in [0, 0.05) is 13.0 Å². The molecule has 0 aliphatic carbocycles. The predicted molar refractivity (Wildman–Crippen MR) is 61.4 cm³/mol. The molecule has 2 atom stereocenters. The first-order valence-electron chi connectivity index (χ1n) is 5.74. The molecule has 2 rings (SSSR count). The van der Waals surface area contributed by atoms with E-state index in [0.717, 1.165) is 6.07 Å². The molecule has 0 bridgehead atoms. The number of hydrogen-bond donors (Lipinski definition) is 2. The molecule has 0 aromatic heterocycles. The lowest BCUT2D eigenvalue weighted by Crippen LogP contribution is -2.39. The molecule has 7 heteroatoms. The average molecular weight is 274 g/mol. The highest BCUT2D eigenvalue weighted by Crippen LogP contribution is 2.33. The molecule has 1 aliphatic rings. The van der Waals surface area contributed by atoms with Gasteiger partial charge in [-0.05, 0) is 11.6 Å². The Morgan fingerprint density at radius 1 is 1.32 bits per heavy atom. The first-order chi connectivity index (χ1) is 8.91. The summed E-state index contributed by atoms with van der Waals surface area (Å²) in [5.74, 6) is 0. The first-order valence-corrected chi connectivity index (χ1v) is 5.74. The van der Waals surface area contributed by atoms with Gasteiger partial charge < -0.3 is 15.8 Å². The van der Waals surface area contributed by atoms with Crippen LogP contribution in [0.2, 0.25) is 0 Å². The van der Waals surface area contributed by atoms with Crippen LogP contribution < -0.4 is 11.1 Å². The fourth-order valence-corrected chi connectivity index (χ4v) is 2.08. The quantitative estimate of drug-likeness (QED) is 0.881. The van der Waals surface area contributed by atoms with E-state index in [1.54, 1.807) is 0 Å². The Hall–Kier alpha value is -1.76. The van der Waals surface area contributed by atoms with Gasteiger partial charge in [-0.1, -0.05) is 18.2 Å². The minimum Gasteiger partial charge on any atom is -0.444 e. The van der Waals surface area contributed by atoms with E-state index in [1.807, 2.05) is 0 Å². The van der Waals surface area contributed by atoms with E-state index in [0.29, 0.717) is 0 Å². The number of benzene rings is 1. The van der Waals surface area contributed by atoms with Crippen molar-refractivity contribution in [2.45, 2.75) is 24.7 Å². The summed E-state index contributed by atoms with van der Waals surface area (Å²) >= 11 is 0. The van der Waals surface area contributed by atoms with Gasteiger partial charge in [0.15, 0.2) is 0 Å². The fraction of sp³-hybridized carbons (Fsp3) is 0.417. The summed E-state index contributed by atoms with van der Waals surface area (Å²) in [6.45, 7) is 0.116. The second-order valence-corrected chi connectivity index (χ2v) is 4.29. The van der Waals surface area contributed by atoms with Crippen LogP contribution in [0.4, 0.5) is 18.0 Å². The highest BCUT2D eigenvalue weighted by Gasteiger charge is 2.37. The van der Waals surface area contributed by atoms with Crippen LogP contribution in [0.1, 0.15) is 11.1 Å². The fourth-order valence-electron chi connectivity index (χ4n) is 2.08. The van der Waals surface area contributed by atoms with Gasteiger partial charge in [-0.15, -0.1) is 0 Å². The van der Waals surface area contributed by atoms with Crippen LogP contribution in [-0.4, -0.2) is 24.8 Å². The predicted octanol–water partition coefficient (Wildman–Crippen LogP) is 1.68. The topological polar surface area (TPSA) is 64.3 Å². The van der Waals surface area contributed by atoms with Crippen LogP contribution in [0.15, 0.2) is 24.3 Å². The molecule has 104 valence electrons. The van der Waals surface area contributed by atoms with E-state index >= 15 is 0 Å². The van der Waals surface area contributed by atoms with Crippen molar-refractivity contribution in [1.29, 1.82) is 0 Å². The summed E-state index contributed by atoms with van der Waals surface area (Å²) in [6, 6.07) is 4.77. The van der Waals surface area contributed by atoms with Crippen LogP contribution in [0.3, 0.4) is 0 Å². The monoisotopic (exact) mass is 274 g/mol. The molecule has 0 saturated carbocycles. The standard InChI is InChI=1S/C12H13F3N2O2/c13-12(14,15)8-4-2-1-3-7(8)5-10-9(6-16)17-11(18)19-10/h1-4,9-10H,5-6,16H2,(H,17,18). The zero-order valence-corrected chi connectivity index (χ0v) is 9.91. The molecule has 1 heterocycles. The van der Waals surface area contributed by atoms with Crippen LogP contribution in [0.5, 0.6) is 0 Å². The highest BCUT2D eigenvalue weighted by atomic mass is 19.4. The second kappa shape index (κ2) is 5.08. The third-order valence-electron chi connectivity index (χ3n) is 3.01. The van der Waals surface area contributed by atoms with Crippen LogP contribution in [0, 0.1) is 0 Å². The summed E-state index contributed by atoms with van der Waals surface area (Å²) in [4.78, 5) is 11.1. The molecule has 1 saturated heterocycles. The van der Waals surface area contributed by atoms with Crippen molar-refractivity contribution in [2.24, 2.45) is 5.73 Å². The number of carbonyl (C=O) groups excluding carboxylic acids is 1. The highest BCUT2D eigenvalue weighted by molar-refractivity contribution is 5.70. The van der Waals surface area contributed by atoms with Gasteiger partial charge in [0.05, 0.1) is 11.6 Å². The average Bonchev–Trinajstić information content (AvgIpc) is 2.69. The Kier molecular flexibility index (Phi) is 3.66. The molecule has 0 radical (unpaired) electrons. The van der Waals surface area contributed by atoms with E-state index in [4.69, 9.17) is 10.5 Å². The molecule has 2 unspecified atom stereocenters. The second-order valence-electron chi connectivity index (χ2n) is 4.29. The molecule has 1 amide bonds. The number of carbonyl (C=O) groups is 1. The lowest BCUT2D eigenvalue weighted by molar-refractivity contribution is -0.138. The van der Waals surface area contributed by atoms with Crippen LogP contribution in [-0.2, 0) is 17.3 Å². The van der Waals surface area contributed by atoms with Crippen LogP contribution >= 0.6 is 0 Å². The van der Waals surface area contributed by atoms with Crippen LogP contribution in [0.25, 0.3) is 0 Å². The lowest BCUT2D eigenvalue weighted by atomic mass is 9.98. The first kappa shape index (κ1) is 13.7. The van der Waals surface area contributed by atoms with Crippen molar-refractivity contribution < 1.29 is 22.7 Å². The van der Waals surface area contributed by atoms with E-state index in [1.165, 1.54) is 18.2 Å². The van der Waals surface area contributed by atoms with Crippen molar-refractivity contribution in [3.8, 4) is 0 Å². The summed E-state index contributed by atoms with van der Waals surface area (Å²) in [5.41, 5.74) is 4.83. The molecule has 19 heavy (non-hydrogen) atoms. The van der Waals surface area contributed by atoms with Gasteiger partial charge in [0.1, 0.15) is 6.10 Å². The molecular weight excluding hydrogens is 261 g/mol. The number of nitrogens with two attached hydrogens (primary N) is 1. The van der Waals surface area contributed by atoms with Crippen molar-refractivity contribution in [2.75, 3.05) is 6.54 Å². The smallest absolute Gasteiger partial charge is 0.416 e. The SMILES string of the molecule is NCC1NC(=O)OC1Cc1ccccc1C(F)(F)F. The van der Waals surface area contributed by atoms with E-state index in [9.17, 15) is 18.0 Å². The van der Waals surface area contributed by atoms with Gasteiger partial charge in [-0.3, -0.25) is 0 Å². The van der Waals surface area contributed by atoms with E-state index in [2.05, 4.69) is 5.32 Å². The van der Waals surface area contributed by atoms with Crippen molar-refractivity contribution >= 4 is 6.09 Å². The molecule has 0 spiro atoms. The Morgan fingerprint density at radius 2 is 2.00 bits per heavy atom. The number of amides is 1. The van der Waals surface area contributed by atoms with Gasteiger partial charge in [0.25, 0.3) is 0 Å². The number of alkyl halides is 3. The van der Waals surface area contributed by atoms with E-state index in [-0.39, 0.29) is 18.5 Å². The number of hydrogen-bond acceptors (Lipinski definition) is 3. The maximum Gasteiger partial charge on any atom is 0.416 e. The van der Waals surface area contributed by atoms with Crippen molar-refractivity contribution in [1.82, 2.24) is 5.32 Å². The molecular formula is C12H13F3N2O2. The Morgan fingerprint density at radius 3 is 2.63 bits per heavy atom. The summed E-state index contributed by atoms with van der Waals surface area (Å²) in [6.07, 6.45) is -5.77. The van der Waals surface area contributed by atoms with Crippen molar-refractivity contribution in [3.63, 3.8) is 0 Å². The molecule has 1 aliphatic heterocycles. The number of nitrogens with one attached hydrogen (secondary N) is 1. The Labute approximate surface area is 107 Å².